The minimum absolute atomic E-state index is 0.194. The van der Waals surface area contributed by atoms with Crippen LogP contribution in [0.5, 0.6) is 0 Å². The Balaban J connectivity index is 1.91. The monoisotopic (exact) mass is 309 g/mol. The molecule has 0 aliphatic carbocycles. The van der Waals surface area contributed by atoms with Gasteiger partial charge in [0.05, 0.1) is 6.54 Å². The average molecular weight is 310 g/mol. The quantitative estimate of drug-likeness (QED) is 0.903. The van der Waals surface area contributed by atoms with Gasteiger partial charge in [0.1, 0.15) is 0 Å². The van der Waals surface area contributed by atoms with E-state index in [1.165, 1.54) is 0 Å². The molecule has 2 rings (SSSR count). The molecule has 0 radical (unpaired) electrons. The van der Waals surface area contributed by atoms with Crippen LogP contribution in [-0.2, 0) is 11.3 Å². The molecule has 1 N–H and O–H groups in total. The number of rotatable bonds is 5. The number of nitrogens with one attached hydrogen (secondary N) is 1. The maximum absolute atomic E-state index is 12.5. The summed E-state index contributed by atoms with van der Waals surface area (Å²) in [4.78, 5) is 16.6. The maximum atomic E-state index is 12.5. The van der Waals surface area contributed by atoms with Crippen molar-refractivity contribution < 1.29 is 4.79 Å². The Morgan fingerprint density at radius 1 is 1.38 bits per heavy atom. The molecule has 1 saturated heterocycles. The van der Waals surface area contributed by atoms with Gasteiger partial charge in [0, 0.05) is 31.2 Å². The summed E-state index contributed by atoms with van der Waals surface area (Å²) < 4.78 is 0. The number of hydrogen-bond donors (Lipinski definition) is 1. The van der Waals surface area contributed by atoms with E-state index in [2.05, 4.69) is 10.2 Å². The topological polar surface area (TPSA) is 35.6 Å². The first-order chi connectivity index (χ1) is 10.2. The minimum Gasteiger partial charge on any atom is -0.338 e. The molecule has 1 aromatic carbocycles. The molecule has 5 heteroatoms. The zero-order chi connectivity index (χ0) is 15.1. The largest absolute Gasteiger partial charge is 0.338 e. The first-order valence-electron chi connectivity index (χ1n) is 7.64. The van der Waals surface area contributed by atoms with E-state index in [0.29, 0.717) is 13.1 Å². The molecule has 1 fully saturated rings. The molecule has 1 aliphatic heterocycles. The molecule has 0 spiro atoms. The van der Waals surface area contributed by atoms with Crippen LogP contribution in [-0.4, -0.2) is 55.0 Å². The third-order valence-electron chi connectivity index (χ3n) is 3.79. The van der Waals surface area contributed by atoms with Crippen LogP contribution in [0.25, 0.3) is 0 Å². The summed E-state index contributed by atoms with van der Waals surface area (Å²) in [5.74, 6) is 0.194. The Morgan fingerprint density at radius 2 is 2.24 bits per heavy atom. The molecular weight excluding hydrogens is 286 g/mol. The van der Waals surface area contributed by atoms with Crippen molar-refractivity contribution in [3.63, 3.8) is 0 Å². The Morgan fingerprint density at radius 3 is 3.00 bits per heavy atom. The van der Waals surface area contributed by atoms with Crippen molar-refractivity contribution in [2.45, 2.75) is 19.9 Å². The minimum atomic E-state index is 0.194. The fourth-order valence-corrected chi connectivity index (χ4v) is 2.80. The van der Waals surface area contributed by atoms with E-state index >= 15 is 0 Å². The highest BCUT2D eigenvalue weighted by atomic mass is 35.5. The number of likely N-dealkylation sites (N-methyl/N-ethyl adjacent to an activating group) is 1. The van der Waals surface area contributed by atoms with Crippen LogP contribution in [0.15, 0.2) is 24.3 Å². The predicted octanol–water partition coefficient (Wildman–Crippen LogP) is 1.98. The van der Waals surface area contributed by atoms with Gasteiger partial charge in [-0.3, -0.25) is 9.69 Å². The summed E-state index contributed by atoms with van der Waals surface area (Å²) in [6, 6.07) is 7.72. The second-order valence-corrected chi connectivity index (χ2v) is 5.85. The highest BCUT2D eigenvalue weighted by molar-refractivity contribution is 6.30. The molecule has 21 heavy (non-hydrogen) atoms. The van der Waals surface area contributed by atoms with E-state index in [1.54, 1.807) is 0 Å². The average Bonchev–Trinajstić information content (AvgIpc) is 2.73. The normalized spacial score (nSPS) is 16.5. The van der Waals surface area contributed by atoms with Crippen LogP contribution in [0.1, 0.15) is 18.9 Å². The van der Waals surface area contributed by atoms with E-state index in [9.17, 15) is 4.79 Å². The lowest BCUT2D eigenvalue weighted by Gasteiger charge is -2.25. The van der Waals surface area contributed by atoms with Crippen molar-refractivity contribution in [3.05, 3.63) is 34.9 Å². The fourth-order valence-electron chi connectivity index (χ4n) is 2.58. The second kappa shape index (κ2) is 8.37. The van der Waals surface area contributed by atoms with E-state index in [-0.39, 0.29) is 5.91 Å². The number of nitrogens with zero attached hydrogens (tertiary/aromatic N) is 2. The smallest absolute Gasteiger partial charge is 0.237 e. The molecule has 1 aliphatic rings. The van der Waals surface area contributed by atoms with Crippen LogP contribution in [0.3, 0.4) is 0 Å². The SMILES string of the molecule is CCN(Cc1cccc(Cl)c1)C(=O)CN1CCCNCC1. The molecule has 0 atom stereocenters. The number of carbonyl (C=O) groups is 1. The summed E-state index contributed by atoms with van der Waals surface area (Å²) in [5.41, 5.74) is 1.08. The second-order valence-electron chi connectivity index (χ2n) is 5.42. The number of carbonyl (C=O) groups excluding carboxylic acids is 1. The Kier molecular flexibility index (Phi) is 6.49. The van der Waals surface area contributed by atoms with Crippen molar-refractivity contribution in [3.8, 4) is 0 Å². The molecule has 0 bridgehead atoms. The van der Waals surface area contributed by atoms with Gasteiger partial charge >= 0.3 is 0 Å². The van der Waals surface area contributed by atoms with Crippen molar-refractivity contribution >= 4 is 17.5 Å². The lowest BCUT2D eigenvalue weighted by molar-refractivity contribution is -0.132. The molecule has 116 valence electrons. The van der Waals surface area contributed by atoms with Gasteiger partial charge in [0.2, 0.25) is 5.91 Å². The van der Waals surface area contributed by atoms with Gasteiger partial charge in [-0.25, -0.2) is 0 Å². The Bertz CT molecular complexity index is 459. The van der Waals surface area contributed by atoms with E-state index < -0.39 is 0 Å². The van der Waals surface area contributed by atoms with Crippen LogP contribution >= 0.6 is 11.6 Å². The summed E-state index contributed by atoms with van der Waals surface area (Å²) in [6.45, 7) is 7.83. The van der Waals surface area contributed by atoms with E-state index in [0.717, 1.165) is 49.7 Å². The molecule has 0 aromatic heterocycles. The van der Waals surface area contributed by atoms with Gasteiger partial charge in [0.25, 0.3) is 0 Å². The molecule has 4 nitrogen and oxygen atoms in total. The third-order valence-corrected chi connectivity index (χ3v) is 4.02. The van der Waals surface area contributed by atoms with Crippen LogP contribution in [0, 0.1) is 0 Å². The first-order valence-corrected chi connectivity index (χ1v) is 8.02. The lowest BCUT2D eigenvalue weighted by Crippen LogP contribution is -2.41. The van der Waals surface area contributed by atoms with E-state index in [1.807, 2.05) is 36.1 Å². The molecule has 0 saturated carbocycles. The fraction of sp³-hybridized carbons (Fsp3) is 0.562. The van der Waals surface area contributed by atoms with Crippen molar-refractivity contribution in [2.75, 3.05) is 39.3 Å². The standard InChI is InChI=1S/C16H24ClN3O/c1-2-20(12-14-5-3-6-15(17)11-14)16(21)13-19-9-4-7-18-8-10-19/h3,5-6,11,18H,2,4,7-10,12-13H2,1H3. The molecule has 0 unspecified atom stereocenters. The van der Waals surface area contributed by atoms with Gasteiger partial charge in [0.15, 0.2) is 0 Å². The van der Waals surface area contributed by atoms with Gasteiger partial charge in [-0.15, -0.1) is 0 Å². The number of hydrogen-bond acceptors (Lipinski definition) is 3. The van der Waals surface area contributed by atoms with Gasteiger partial charge in [-0.05, 0) is 44.1 Å². The summed E-state index contributed by atoms with van der Waals surface area (Å²) in [7, 11) is 0. The number of amides is 1. The molecular formula is C16H24ClN3O. The first kappa shape index (κ1) is 16.3. The van der Waals surface area contributed by atoms with Gasteiger partial charge in [-0.1, -0.05) is 23.7 Å². The molecule has 1 aromatic rings. The number of benzene rings is 1. The Hall–Kier alpha value is -1.10. The predicted molar refractivity (Wildman–Crippen MR) is 86.5 cm³/mol. The third kappa shape index (κ3) is 5.30. The van der Waals surface area contributed by atoms with Crippen molar-refractivity contribution in [1.82, 2.24) is 15.1 Å². The van der Waals surface area contributed by atoms with Crippen LogP contribution < -0.4 is 5.32 Å². The van der Waals surface area contributed by atoms with E-state index in [4.69, 9.17) is 11.6 Å². The molecule has 1 heterocycles. The summed E-state index contributed by atoms with van der Waals surface area (Å²) in [5, 5.41) is 4.08. The highest BCUT2D eigenvalue weighted by Gasteiger charge is 2.17. The van der Waals surface area contributed by atoms with Gasteiger partial charge in [-0.2, -0.15) is 0 Å². The summed E-state index contributed by atoms with van der Waals surface area (Å²) >= 11 is 6.01. The zero-order valence-electron chi connectivity index (χ0n) is 12.6. The Labute approximate surface area is 132 Å². The zero-order valence-corrected chi connectivity index (χ0v) is 13.4. The van der Waals surface area contributed by atoms with Crippen molar-refractivity contribution in [2.24, 2.45) is 0 Å². The number of halogens is 1. The van der Waals surface area contributed by atoms with Crippen molar-refractivity contribution in [1.29, 1.82) is 0 Å². The molecule has 1 amide bonds. The maximum Gasteiger partial charge on any atom is 0.237 e. The van der Waals surface area contributed by atoms with Gasteiger partial charge < -0.3 is 10.2 Å². The lowest BCUT2D eigenvalue weighted by atomic mass is 10.2. The highest BCUT2D eigenvalue weighted by Crippen LogP contribution is 2.13. The van der Waals surface area contributed by atoms with Crippen LogP contribution in [0.4, 0.5) is 0 Å². The summed E-state index contributed by atoms with van der Waals surface area (Å²) in [6.07, 6.45) is 1.10. The van der Waals surface area contributed by atoms with Crippen LogP contribution in [0.2, 0.25) is 5.02 Å².